The number of aromatic nitrogens is 2. The number of nitrogens with zero attached hydrogens (tertiary/aromatic N) is 3. The van der Waals surface area contributed by atoms with Gasteiger partial charge >= 0.3 is 0 Å². The fourth-order valence-electron chi connectivity index (χ4n) is 2.79. The van der Waals surface area contributed by atoms with Crippen LogP contribution < -0.4 is 20.7 Å². The summed E-state index contributed by atoms with van der Waals surface area (Å²) in [6, 6.07) is 17.0. The van der Waals surface area contributed by atoms with E-state index in [1.807, 2.05) is 50.2 Å². The molecule has 3 N–H and O–H groups in total. The zero-order chi connectivity index (χ0) is 22.2. The molecule has 0 saturated heterocycles. The molecule has 0 saturated carbocycles. The zero-order valence-corrected chi connectivity index (χ0v) is 19.0. The van der Waals surface area contributed by atoms with Gasteiger partial charge in [-0.05, 0) is 55.9 Å². The van der Waals surface area contributed by atoms with Crippen LogP contribution in [-0.4, -0.2) is 28.1 Å². The molecular formula is C22H23ClN6OS. The van der Waals surface area contributed by atoms with Crippen molar-refractivity contribution in [3.8, 4) is 5.75 Å². The topological polar surface area (TPSA) is 83.5 Å². The van der Waals surface area contributed by atoms with Gasteiger partial charge < -0.3 is 15.4 Å². The third kappa shape index (κ3) is 6.91. The van der Waals surface area contributed by atoms with Crippen molar-refractivity contribution in [2.75, 3.05) is 17.7 Å². The Kier molecular flexibility index (Phi) is 7.75. The monoisotopic (exact) mass is 454 g/mol. The van der Waals surface area contributed by atoms with Crippen molar-refractivity contribution in [3.05, 3.63) is 76.6 Å². The second-order valence-corrected chi connectivity index (χ2v) is 7.52. The van der Waals surface area contributed by atoms with Gasteiger partial charge in [0.05, 0.1) is 19.3 Å². The van der Waals surface area contributed by atoms with Gasteiger partial charge in [0.15, 0.2) is 5.11 Å². The number of guanidine groups is 1. The number of hydrogen-bond acceptors (Lipinski definition) is 5. The molecule has 3 aromatic rings. The lowest BCUT2D eigenvalue weighted by molar-refractivity contribution is 0.417. The summed E-state index contributed by atoms with van der Waals surface area (Å²) in [6.07, 6.45) is 0. The lowest BCUT2D eigenvalue weighted by Crippen LogP contribution is -2.39. The summed E-state index contributed by atoms with van der Waals surface area (Å²) in [5.74, 6) is 1.45. The summed E-state index contributed by atoms with van der Waals surface area (Å²) in [4.78, 5) is 13.4. The molecule has 3 rings (SSSR count). The van der Waals surface area contributed by atoms with Crippen molar-refractivity contribution < 1.29 is 4.74 Å². The van der Waals surface area contributed by atoms with Crippen LogP contribution in [0.1, 0.15) is 17.0 Å². The van der Waals surface area contributed by atoms with Gasteiger partial charge in [0.25, 0.3) is 0 Å². The van der Waals surface area contributed by atoms with Crippen LogP contribution in [0.15, 0.2) is 59.6 Å². The van der Waals surface area contributed by atoms with Gasteiger partial charge in [0, 0.05) is 16.4 Å². The van der Waals surface area contributed by atoms with E-state index in [4.69, 9.17) is 28.6 Å². The summed E-state index contributed by atoms with van der Waals surface area (Å²) < 4.78 is 5.36. The average Bonchev–Trinajstić information content (AvgIpc) is 2.72. The van der Waals surface area contributed by atoms with Crippen LogP contribution in [0.5, 0.6) is 5.75 Å². The molecule has 160 valence electrons. The second-order valence-electron chi connectivity index (χ2n) is 6.67. The number of aryl methyl sites for hydroxylation is 2. The minimum absolute atomic E-state index is 0.309. The molecule has 1 aromatic heterocycles. The van der Waals surface area contributed by atoms with Crippen molar-refractivity contribution in [2.45, 2.75) is 20.4 Å². The fourth-order valence-corrected chi connectivity index (χ4v) is 3.17. The van der Waals surface area contributed by atoms with E-state index in [9.17, 15) is 0 Å². The molecular weight excluding hydrogens is 432 g/mol. The van der Waals surface area contributed by atoms with E-state index in [1.54, 1.807) is 25.3 Å². The van der Waals surface area contributed by atoms with Crippen LogP contribution >= 0.6 is 23.8 Å². The Bertz CT molecular complexity index is 1070. The highest BCUT2D eigenvalue weighted by molar-refractivity contribution is 7.80. The van der Waals surface area contributed by atoms with Crippen molar-refractivity contribution in [2.24, 2.45) is 4.99 Å². The molecule has 0 fully saturated rings. The van der Waals surface area contributed by atoms with Gasteiger partial charge in [-0.2, -0.15) is 0 Å². The van der Waals surface area contributed by atoms with Gasteiger partial charge in [-0.15, -0.1) is 0 Å². The molecule has 0 unspecified atom stereocenters. The van der Waals surface area contributed by atoms with E-state index in [2.05, 4.69) is 30.9 Å². The van der Waals surface area contributed by atoms with Crippen LogP contribution in [0.25, 0.3) is 0 Å². The van der Waals surface area contributed by atoms with Crippen LogP contribution in [0.3, 0.4) is 0 Å². The van der Waals surface area contributed by atoms with Crippen molar-refractivity contribution in [1.29, 1.82) is 0 Å². The van der Waals surface area contributed by atoms with Crippen LogP contribution in [0.4, 0.5) is 11.6 Å². The van der Waals surface area contributed by atoms with Crippen LogP contribution in [-0.2, 0) is 6.54 Å². The molecule has 0 atom stereocenters. The predicted octanol–water partition coefficient (Wildman–Crippen LogP) is 4.71. The molecule has 0 aliphatic carbocycles. The number of halogens is 1. The highest BCUT2D eigenvalue weighted by Crippen LogP contribution is 2.27. The number of aliphatic imine (C=N–C) groups is 1. The summed E-state index contributed by atoms with van der Waals surface area (Å²) in [5.41, 5.74) is 3.39. The largest absolute Gasteiger partial charge is 0.495 e. The van der Waals surface area contributed by atoms with Crippen molar-refractivity contribution in [3.63, 3.8) is 0 Å². The molecule has 7 nitrogen and oxygen atoms in total. The molecule has 0 bridgehead atoms. The Labute approximate surface area is 191 Å². The first-order valence-corrected chi connectivity index (χ1v) is 10.3. The van der Waals surface area contributed by atoms with Gasteiger partial charge in [-0.1, -0.05) is 41.9 Å². The Morgan fingerprint density at radius 3 is 2.42 bits per heavy atom. The number of anilines is 2. The Hall–Kier alpha value is -3.23. The average molecular weight is 455 g/mol. The fraction of sp³-hybridized carbons (Fsp3) is 0.182. The molecule has 0 radical (unpaired) electrons. The number of ether oxygens (including phenoxy) is 1. The number of methoxy groups -OCH3 is 1. The van der Waals surface area contributed by atoms with Crippen LogP contribution in [0.2, 0.25) is 5.02 Å². The highest BCUT2D eigenvalue weighted by Gasteiger charge is 2.10. The number of rotatable bonds is 5. The Morgan fingerprint density at radius 1 is 1.03 bits per heavy atom. The van der Waals surface area contributed by atoms with Gasteiger partial charge in [-0.25, -0.2) is 15.0 Å². The Morgan fingerprint density at radius 2 is 1.74 bits per heavy atom. The number of thiocarbonyl (C=S) groups is 1. The van der Waals surface area contributed by atoms with Gasteiger partial charge in [-0.3, -0.25) is 5.32 Å². The summed E-state index contributed by atoms with van der Waals surface area (Å²) in [7, 11) is 1.58. The second kappa shape index (κ2) is 10.7. The summed E-state index contributed by atoms with van der Waals surface area (Å²) in [6.45, 7) is 4.27. The summed E-state index contributed by atoms with van der Waals surface area (Å²) in [5, 5.41) is 10.2. The normalized spacial score (nSPS) is 11.0. The van der Waals surface area contributed by atoms with E-state index in [0.717, 1.165) is 17.0 Å². The third-order valence-electron chi connectivity index (χ3n) is 4.12. The smallest absolute Gasteiger partial charge is 0.229 e. The molecule has 0 spiro atoms. The molecule has 31 heavy (non-hydrogen) atoms. The molecule has 2 aromatic carbocycles. The standard InChI is InChI=1S/C22H23ClN6OS/c1-14-11-15(2)26-21(25-14)28-20(24-13-16-7-5-4-6-8-16)29-22(31)27-18-12-17(23)9-10-19(18)30-3/h4-12H,13H2,1-3H3,(H3,24,25,26,27,28,29,31). The molecule has 1 heterocycles. The first-order chi connectivity index (χ1) is 14.9. The van der Waals surface area contributed by atoms with Gasteiger partial charge in [0.1, 0.15) is 5.75 Å². The SMILES string of the molecule is COc1ccc(Cl)cc1NC(=S)NC(=NCc1ccccc1)Nc1nc(C)cc(C)n1. The van der Waals surface area contributed by atoms with E-state index in [1.165, 1.54) is 0 Å². The maximum absolute atomic E-state index is 6.11. The zero-order valence-electron chi connectivity index (χ0n) is 17.4. The number of hydrogen-bond donors (Lipinski definition) is 3. The molecule has 0 aliphatic heterocycles. The van der Waals surface area contributed by atoms with E-state index < -0.39 is 0 Å². The maximum atomic E-state index is 6.11. The minimum atomic E-state index is 0.309. The minimum Gasteiger partial charge on any atom is -0.495 e. The lowest BCUT2D eigenvalue weighted by Gasteiger charge is -2.16. The van der Waals surface area contributed by atoms with Crippen molar-refractivity contribution >= 4 is 46.5 Å². The molecule has 0 amide bonds. The van der Waals surface area contributed by atoms with Crippen molar-refractivity contribution in [1.82, 2.24) is 15.3 Å². The predicted molar refractivity (Wildman–Crippen MR) is 130 cm³/mol. The van der Waals surface area contributed by atoms with E-state index in [0.29, 0.717) is 40.0 Å². The first-order valence-electron chi connectivity index (χ1n) is 9.52. The highest BCUT2D eigenvalue weighted by atomic mass is 35.5. The first kappa shape index (κ1) is 22.5. The lowest BCUT2D eigenvalue weighted by atomic mass is 10.2. The van der Waals surface area contributed by atoms with E-state index >= 15 is 0 Å². The summed E-state index contributed by atoms with van der Waals surface area (Å²) >= 11 is 11.6. The molecule has 9 heteroatoms. The number of benzene rings is 2. The van der Waals surface area contributed by atoms with Gasteiger partial charge in [0.2, 0.25) is 11.9 Å². The quantitative estimate of drug-likeness (QED) is 0.292. The third-order valence-corrected chi connectivity index (χ3v) is 4.56. The number of nitrogens with one attached hydrogen (secondary N) is 3. The van der Waals surface area contributed by atoms with Crippen LogP contribution in [0, 0.1) is 13.8 Å². The molecule has 0 aliphatic rings. The Balaban J connectivity index is 1.80. The van der Waals surface area contributed by atoms with E-state index in [-0.39, 0.29) is 0 Å². The maximum Gasteiger partial charge on any atom is 0.229 e.